The number of carbonyl (C=O) groups is 1. The van der Waals surface area contributed by atoms with Gasteiger partial charge in [-0.15, -0.1) is 0 Å². The predicted molar refractivity (Wildman–Crippen MR) is 60.3 cm³/mol. The minimum absolute atomic E-state index is 0.0826. The SMILES string of the molecule is N#CC(C(=O)C1COCCO1)c1ccccc1F. The molecule has 94 valence electrons. The Kier molecular flexibility index (Phi) is 4.03. The number of ether oxygens (including phenoxy) is 2. The first kappa shape index (κ1) is 12.7. The van der Waals surface area contributed by atoms with Crippen LogP contribution in [-0.2, 0) is 14.3 Å². The predicted octanol–water partition coefficient (Wildman–Crippen LogP) is 1.42. The van der Waals surface area contributed by atoms with E-state index in [1.54, 1.807) is 6.07 Å². The normalized spacial score (nSPS) is 21.0. The molecule has 1 aliphatic rings. The van der Waals surface area contributed by atoms with Crippen molar-refractivity contribution in [3.63, 3.8) is 0 Å². The van der Waals surface area contributed by atoms with E-state index in [4.69, 9.17) is 14.7 Å². The summed E-state index contributed by atoms with van der Waals surface area (Å²) in [6.07, 6.45) is -0.789. The number of nitrogens with zero attached hydrogens (tertiary/aromatic N) is 1. The summed E-state index contributed by atoms with van der Waals surface area (Å²) in [4.78, 5) is 12.1. The smallest absolute Gasteiger partial charge is 0.185 e. The minimum atomic E-state index is -1.15. The average molecular weight is 249 g/mol. The number of benzene rings is 1. The quantitative estimate of drug-likeness (QED) is 0.812. The molecule has 2 unspecified atom stereocenters. The van der Waals surface area contributed by atoms with Crippen molar-refractivity contribution in [1.82, 2.24) is 0 Å². The van der Waals surface area contributed by atoms with Crippen LogP contribution in [0.1, 0.15) is 11.5 Å². The van der Waals surface area contributed by atoms with Crippen LogP contribution in [-0.4, -0.2) is 31.7 Å². The van der Waals surface area contributed by atoms with E-state index in [-0.39, 0.29) is 12.2 Å². The van der Waals surface area contributed by atoms with Crippen molar-refractivity contribution in [1.29, 1.82) is 5.26 Å². The molecule has 0 aliphatic carbocycles. The summed E-state index contributed by atoms with van der Waals surface area (Å²) < 4.78 is 23.9. The minimum Gasteiger partial charge on any atom is -0.376 e. The molecule has 1 aliphatic heterocycles. The van der Waals surface area contributed by atoms with Crippen molar-refractivity contribution < 1.29 is 18.7 Å². The molecule has 1 aromatic carbocycles. The first-order valence-corrected chi connectivity index (χ1v) is 5.61. The lowest BCUT2D eigenvalue weighted by atomic mass is 9.92. The molecule has 4 nitrogen and oxygen atoms in total. The molecule has 18 heavy (non-hydrogen) atoms. The molecule has 0 spiro atoms. The Morgan fingerprint density at radius 1 is 1.44 bits per heavy atom. The highest BCUT2D eigenvalue weighted by molar-refractivity contribution is 5.92. The second kappa shape index (κ2) is 5.71. The van der Waals surface area contributed by atoms with Crippen LogP contribution in [0.15, 0.2) is 24.3 Å². The topological polar surface area (TPSA) is 59.3 Å². The van der Waals surface area contributed by atoms with Gasteiger partial charge in [-0.25, -0.2) is 4.39 Å². The molecule has 0 bridgehead atoms. The molecule has 0 radical (unpaired) electrons. The van der Waals surface area contributed by atoms with E-state index in [0.29, 0.717) is 13.2 Å². The molecule has 0 amide bonds. The van der Waals surface area contributed by atoms with Gasteiger partial charge in [0, 0.05) is 5.56 Å². The van der Waals surface area contributed by atoms with Crippen molar-refractivity contribution in [2.24, 2.45) is 0 Å². The maximum atomic E-state index is 13.6. The maximum Gasteiger partial charge on any atom is 0.185 e. The number of hydrogen-bond donors (Lipinski definition) is 0. The third-order valence-corrected chi connectivity index (χ3v) is 2.76. The Morgan fingerprint density at radius 3 is 2.83 bits per heavy atom. The van der Waals surface area contributed by atoms with E-state index in [0.717, 1.165) is 0 Å². The first-order chi connectivity index (χ1) is 8.74. The molecular weight excluding hydrogens is 237 g/mol. The maximum absolute atomic E-state index is 13.6. The molecule has 0 aromatic heterocycles. The van der Waals surface area contributed by atoms with Crippen molar-refractivity contribution >= 4 is 5.78 Å². The Hall–Kier alpha value is -1.77. The van der Waals surface area contributed by atoms with Crippen LogP contribution < -0.4 is 0 Å². The summed E-state index contributed by atoms with van der Waals surface area (Å²) in [5, 5.41) is 9.07. The van der Waals surface area contributed by atoms with Gasteiger partial charge in [0.15, 0.2) is 5.78 Å². The standard InChI is InChI=1S/C13H12FNO3/c14-11-4-2-1-3-9(11)10(7-15)13(16)12-8-17-5-6-18-12/h1-4,10,12H,5-6,8H2. The molecule has 2 rings (SSSR count). The lowest BCUT2D eigenvalue weighted by Crippen LogP contribution is -2.38. The van der Waals surface area contributed by atoms with Crippen LogP contribution in [0.5, 0.6) is 0 Å². The summed E-state index contributed by atoms with van der Waals surface area (Å²) in [6, 6.07) is 7.60. The summed E-state index contributed by atoms with van der Waals surface area (Å²) >= 11 is 0. The summed E-state index contributed by atoms with van der Waals surface area (Å²) in [5.74, 6) is -2.17. The Labute approximate surface area is 104 Å². The molecule has 1 fully saturated rings. The van der Waals surface area contributed by atoms with E-state index >= 15 is 0 Å². The van der Waals surface area contributed by atoms with E-state index < -0.39 is 23.6 Å². The third kappa shape index (κ3) is 2.55. The van der Waals surface area contributed by atoms with Gasteiger partial charge in [-0.3, -0.25) is 4.79 Å². The zero-order valence-corrected chi connectivity index (χ0v) is 9.64. The molecule has 1 aromatic rings. The highest BCUT2D eigenvalue weighted by Crippen LogP contribution is 2.22. The first-order valence-electron chi connectivity index (χ1n) is 5.61. The molecule has 0 saturated carbocycles. The van der Waals surface area contributed by atoms with Gasteiger partial charge in [0.1, 0.15) is 17.8 Å². The van der Waals surface area contributed by atoms with Crippen LogP contribution in [0.4, 0.5) is 4.39 Å². The highest BCUT2D eigenvalue weighted by Gasteiger charge is 2.32. The fourth-order valence-corrected chi connectivity index (χ4v) is 1.83. The summed E-state index contributed by atoms with van der Waals surface area (Å²) in [7, 11) is 0. The second-order valence-electron chi connectivity index (χ2n) is 3.92. The second-order valence-corrected chi connectivity index (χ2v) is 3.92. The van der Waals surface area contributed by atoms with Crippen LogP contribution in [0.3, 0.4) is 0 Å². The van der Waals surface area contributed by atoms with Gasteiger partial charge in [0.2, 0.25) is 0 Å². The Balaban J connectivity index is 2.21. The van der Waals surface area contributed by atoms with Gasteiger partial charge < -0.3 is 9.47 Å². The van der Waals surface area contributed by atoms with Gasteiger partial charge in [0.25, 0.3) is 0 Å². The van der Waals surface area contributed by atoms with Gasteiger partial charge in [0.05, 0.1) is 25.9 Å². The highest BCUT2D eigenvalue weighted by atomic mass is 19.1. The van der Waals surface area contributed by atoms with Crippen LogP contribution in [0, 0.1) is 17.1 Å². The lowest BCUT2D eigenvalue weighted by Gasteiger charge is -2.23. The van der Waals surface area contributed by atoms with Gasteiger partial charge >= 0.3 is 0 Å². The zero-order valence-electron chi connectivity index (χ0n) is 9.64. The molecule has 2 atom stereocenters. The largest absolute Gasteiger partial charge is 0.376 e. The van der Waals surface area contributed by atoms with E-state index in [1.807, 2.05) is 6.07 Å². The van der Waals surface area contributed by atoms with Crippen LogP contribution in [0.25, 0.3) is 0 Å². The summed E-state index contributed by atoms with van der Waals surface area (Å²) in [6.45, 7) is 0.859. The van der Waals surface area contributed by atoms with Crippen LogP contribution >= 0.6 is 0 Å². The molecular formula is C13H12FNO3. The van der Waals surface area contributed by atoms with E-state index in [2.05, 4.69) is 0 Å². The van der Waals surface area contributed by atoms with E-state index in [9.17, 15) is 9.18 Å². The average Bonchev–Trinajstić information content (AvgIpc) is 2.42. The van der Waals surface area contributed by atoms with E-state index in [1.165, 1.54) is 18.2 Å². The van der Waals surface area contributed by atoms with Gasteiger partial charge in [-0.2, -0.15) is 5.26 Å². The Morgan fingerprint density at radius 2 is 2.22 bits per heavy atom. The van der Waals surface area contributed by atoms with Crippen molar-refractivity contribution in [2.45, 2.75) is 12.0 Å². The fraction of sp³-hybridized carbons (Fsp3) is 0.385. The van der Waals surface area contributed by atoms with Gasteiger partial charge in [-0.05, 0) is 6.07 Å². The molecule has 1 heterocycles. The number of carbonyl (C=O) groups excluding carboxylic acids is 1. The number of ketones is 1. The molecule has 0 N–H and O–H groups in total. The number of hydrogen-bond acceptors (Lipinski definition) is 4. The fourth-order valence-electron chi connectivity index (χ4n) is 1.83. The number of rotatable bonds is 3. The van der Waals surface area contributed by atoms with Gasteiger partial charge in [-0.1, -0.05) is 18.2 Å². The number of halogens is 1. The van der Waals surface area contributed by atoms with Crippen molar-refractivity contribution in [2.75, 3.05) is 19.8 Å². The monoisotopic (exact) mass is 249 g/mol. The molecule has 1 saturated heterocycles. The number of nitriles is 1. The zero-order chi connectivity index (χ0) is 13.0. The Bertz CT molecular complexity index is 477. The molecule has 5 heteroatoms. The lowest BCUT2D eigenvalue weighted by molar-refractivity contribution is -0.145. The summed E-state index contributed by atoms with van der Waals surface area (Å²) in [5.41, 5.74) is 0.0826. The van der Waals surface area contributed by atoms with Crippen molar-refractivity contribution in [3.8, 4) is 6.07 Å². The third-order valence-electron chi connectivity index (χ3n) is 2.76. The van der Waals surface area contributed by atoms with Crippen molar-refractivity contribution in [3.05, 3.63) is 35.6 Å². The number of Topliss-reactive ketones (excluding diaryl/α,β-unsaturated/α-hetero) is 1. The van der Waals surface area contributed by atoms with Crippen LogP contribution in [0.2, 0.25) is 0 Å².